The van der Waals surface area contributed by atoms with Crippen molar-refractivity contribution in [1.82, 2.24) is 9.80 Å². The summed E-state index contributed by atoms with van der Waals surface area (Å²) in [5.74, 6) is 0.196. The number of anilines is 2. The fourth-order valence-electron chi connectivity index (χ4n) is 6.42. The number of unbranched alkanes of at least 4 members (excludes halogenated alkanes) is 5. The van der Waals surface area contributed by atoms with Gasteiger partial charge in [0.25, 0.3) is 0 Å². The van der Waals surface area contributed by atoms with Gasteiger partial charge in [-0.25, -0.2) is 8.78 Å². The zero-order chi connectivity index (χ0) is 24.9. The molecule has 0 spiro atoms. The Morgan fingerprint density at radius 3 is 2.27 bits per heavy atom. The Balaban J connectivity index is 0.00000320. The average molecular weight is 532 g/mol. The van der Waals surface area contributed by atoms with Gasteiger partial charge in [0.1, 0.15) is 11.6 Å². The minimum Gasteiger partial charge on any atom is -0.343 e. The van der Waals surface area contributed by atoms with Gasteiger partial charge in [0.15, 0.2) is 0 Å². The number of amides is 1. The standard InChI is InChI=1S/C30H39F2N3O.ClH/c31-23-10-13-25(14-11-23)35-28-15-12-24(32)21-26(28)27-22-33(20-16-29(27)35)17-6-3-1-2-4-7-18-34-19-8-5-9-30(34)36;/h10-15,21,27,29H,1-9,16-20,22H2;1H/t27-,29+;/m0./s1. The molecule has 0 radical (unpaired) electrons. The highest BCUT2D eigenvalue weighted by Crippen LogP contribution is 2.48. The molecule has 2 fully saturated rings. The smallest absolute Gasteiger partial charge is 0.222 e. The summed E-state index contributed by atoms with van der Waals surface area (Å²) < 4.78 is 27.7. The number of rotatable bonds is 10. The normalized spacial score (nSPS) is 21.5. The number of piperidine rings is 2. The van der Waals surface area contributed by atoms with E-state index in [1.54, 1.807) is 6.07 Å². The Morgan fingerprint density at radius 2 is 1.51 bits per heavy atom. The van der Waals surface area contributed by atoms with Crippen molar-refractivity contribution < 1.29 is 13.6 Å². The van der Waals surface area contributed by atoms with Crippen LogP contribution in [-0.4, -0.2) is 54.5 Å². The zero-order valence-electron chi connectivity index (χ0n) is 21.7. The molecule has 3 aliphatic rings. The molecule has 2 aromatic carbocycles. The number of benzene rings is 2. The molecule has 2 atom stereocenters. The molecule has 0 aliphatic carbocycles. The highest BCUT2D eigenvalue weighted by Gasteiger charge is 2.42. The summed E-state index contributed by atoms with van der Waals surface area (Å²) in [4.78, 5) is 18.8. The topological polar surface area (TPSA) is 26.8 Å². The predicted molar refractivity (Wildman–Crippen MR) is 148 cm³/mol. The van der Waals surface area contributed by atoms with E-state index in [4.69, 9.17) is 0 Å². The SMILES string of the molecule is Cl.O=C1CCCCN1CCCCCCCCN1CC[C@@H]2[C@@H](C1)c1cc(F)ccc1N2c1ccc(F)cc1. The number of fused-ring (bicyclic) bond motifs is 3. The third kappa shape index (κ3) is 6.64. The molecule has 2 saturated heterocycles. The molecule has 0 aromatic heterocycles. The Bertz CT molecular complexity index is 1030. The Kier molecular flexibility index (Phi) is 9.83. The number of nitrogens with zero attached hydrogens (tertiary/aromatic N) is 3. The van der Waals surface area contributed by atoms with Gasteiger partial charge in [-0.2, -0.15) is 0 Å². The Labute approximate surface area is 226 Å². The van der Waals surface area contributed by atoms with Crippen LogP contribution in [0.5, 0.6) is 0 Å². The van der Waals surface area contributed by atoms with Crippen LogP contribution in [0.3, 0.4) is 0 Å². The molecule has 4 nitrogen and oxygen atoms in total. The second kappa shape index (κ2) is 13.1. The van der Waals surface area contributed by atoms with Crippen molar-refractivity contribution >= 4 is 29.7 Å². The Hall–Kier alpha value is -2.18. The van der Waals surface area contributed by atoms with Gasteiger partial charge in [-0.15, -0.1) is 12.4 Å². The Morgan fingerprint density at radius 1 is 0.811 bits per heavy atom. The number of hydrogen-bond donors (Lipinski definition) is 0. The van der Waals surface area contributed by atoms with E-state index in [1.165, 1.54) is 50.3 Å². The summed E-state index contributed by atoms with van der Waals surface area (Å²) in [6.07, 6.45) is 11.2. The first-order valence-corrected chi connectivity index (χ1v) is 13.9. The fourth-order valence-corrected chi connectivity index (χ4v) is 6.42. The quantitative estimate of drug-likeness (QED) is 0.307. The van der Waals surface area contributed by atoms with Gasteiger partial charge < -0.3 is 14.7 Å². The van der Waals surface area contributed by atoms with Gasteiger partial charge in [0, 0.05) is 55.9 Å². The van der Waals surface area contributed by atoms with Crippen LogP contribution in [0.1, 0.15) is 75.7 Å². The molecule has 202 valence electrons. The zero-order valence-corrected chi connectivity index (χ0v) is 22.5. The lowest BCUT2D eigenvalue weighted by atomic mass is 9.88. The van der Waals surface area contributed by atoms with E-state index in [1.807, 2.05) is 18.2 Å². The maximum absolute atomic E-state index is 14.2. The van der Waals surface area contributed by atoms with Gasteiger partial charge in [-0.3, -0.25) is 4.79 Å². The fraction of sp³-hybridized carbons (Fsp3) is 0.567. The third-order valence-corrected chi connectivity index (χ3v) is 8.32. The van der Waals surface area contributed by atoms with Crippen molar-refractivity contribution in [3.05, 3.63) is 59.7 Å². The van der Waals surface area contributed by atoms with E-state index >= 15 is 0 Å². The maximum Gasteiger partial charge on any atom is 0.222 e. The van der Waals surface area contributed by atoms with Crippen molar-refractivity contribution in [2.24, 2.45) is 0 Å². The molecule has 3 aliphatic heterocycles. The summed E-state index contributed by atoms with van der Waals surface area (Å²) in [7, 11) is 0. The number of likely N-dealkylation sites (tertiary alicyclic amines) is 2. The number of carbonyl (C=O) groups is 1. The van der Waals surface area contributed by atoms with E-state index in [9.17, 15) is 13.6 Å². The number of hydrogen-bond acceptors (Lipinski definition) is 3. The second-order valence-corrected chi connectivity index (χ2v) is 10.8. The molecular weight excluding hydrogens is 492 g/mol. The van der Waals surface area contributed by atoms with Gasteiger partial charge in [-0.05, 0) is 86.7 Å². The minimum atomic E-state index is -0.235. The minimum absolute atomic E-state index is 0. The second-order valence-electron chi connectivity index (χ2n) is 10.8. The molecule has 37 heavy (non-hydrogen) atoms. The van der Waals surface area contributed by atoms with Crippen LogP contribution in [0.2, 0.25) is 0 Å². The van der Waals surface area contributed by atoms with Crippen molar-refractivity contribution in [2.75, 3.05) is 37.6 Å². The van der Waals surface area contributed by atoms with Crippen LogP contribution >= 0.6 is 12.4 Å². The number of halogens is 3. The van der Waals surface area contributed by atoms with Gasteiger partial charge in [0.2, 0.25) is 5.91 Å². The van der Waals surface area contributed by atoms with Gasteiger partial charge >= 0.3 is 0 Å². The summed E-state index contributed by atoms with van der Waals surface area (Å²) >= 11 is 0. The summed E-state index contributed by atoms with van der Waals surface area (Å²) in [6.45, 7) is 4.97. The molecule has 7 heteroatoms. The highest BCUT2D eigenvalue weighted by atomic mass is 35.5. The monoisotopic (exact) mass is 531 g/mol. The van der Waals surface area contributed by atoms with Crippen LogP contribution in [0, 0.1) is 11.6 Å². The van der Waals surface area contributed by atoms with E-state index in [2.05, 4.69) is 14.7 Å². The molecule has 5 rings (SSSR count). The van der Waals surface area contributed by atoms with Crippen LogP contribution in [0.4, 0.5) is 20.2 Å². The maximum atomic E-state index is 14.2. The van der Waals surface area contributed by atoms with Crippen LogP contribution in [0.15, 0.2) is 42.5 Å². The molecule has 0 N–H and O–H groups in total. The van der Waals surface area contributed by atoms with Crippen LogP contribution in [0.25, 0.3) is 0 Å². The third-order valence-electron chi connectivity index (χ3n) is 8.32. The van der Waals surface area contributed by atoms with Crippen molar-refractivity contribution in [3.8, 4) is 0 Å². The molecule has 3 heterocycles. The molecule has 2 aromatic rings. The lowest BCUT2D eigenvalue weighted by Gasteiger charge is -2.39. The van der Waals surface area contributed by atoms with Crippen molar-refractivity contribution in [2.45, 2.75) is 76.2 Å². The van der Waals surface area contributed by atoms with Gasteiger partial charge in [-0.1, -0.05) is 25.7 Å². The van der Waals surface area contributed by atoms with E-state index in [0.29, 0.717) is 5.91 Å². The van der Waals surface area contributed by atoms with Crippen LogP contribution in [-0.2, 0) is 4.79 Å². The first-order chi connectivity index (χ1) is 17.6. The first kappa shape index (κ1) is 27.8. The van der Waals surface area contributed by atoms with Crippen molar-refractivity contribution in [1.29, 1.82) is 0 Å². The average Bonchev–Trinajstić information content (AvgIpc) is 3.20. The number of carbonyl (C=O) groups excluding carboxylic acids is 1. The lowest BCUT2D eigenvalue weighted by molar-refractivity contribution is -0.133. The van der Waals surface area contributed by atoms with Crippen LogP contribution < -0.4 is 4.90 Å². The van der Waals surface area contributed by atoms with Crippen molar-refractivity contribution in [3.63, 3.8) is 0 Å². The first-order valence-electron chi connectivity index (χ1n) is 13.9. The molecule has 0 unspecified atom stereocenters. The molecular formula is C30H40ClF2N3O. The summed E-state index contributed by atoms with van der Waals surface area (Å²) in [5, 5.41) is 0. The molecule has 1 amide bonds. The largest absolute Gasteiger partial charge is 0.343 e. The lowest BCUT2D eigenvalue weighted by Crippen LogP contribution is -2.45. The van der Waals surface area contributed by atoms with E-state index < -0.39 is 0 Å². The van der Waals surface area contributed by atoms with E-state index in [0.717, 1.165) is 81.8 Å². The molecule has 0 bridgehead atoms. The van der Waals surface area contributed by atoms with E-state index in [-0.39, 0.29) is 36.0 Å². The highest BCUT2D eigenvalue weighted by molar-refractivity contribution is 5.85. The summed E-state index contributed by atoms with van der Waals surface area (Å²) in [6, 6.07) is 12.1. The molecule has 0 saturated carbocycles. The predicted octanol–water partition coefficient (Wildman–Crippen LogP) is 7.05. The van der Waals surface area contributed by atoms with Gasteiger partial charge in [0.05, 0.1) is 0 Å². The summed E-state index contributed by atoms with van der Waals surface area (Å²) in [5.41, 5.74) is 3.13.